The van der Waals surface area contributed by atoms with Crippen LogP contribution in [0.25, 0.3) is 11.0 Å². The van der Waals surface area contributed by atoms with E-state index in [-0.39, 0.29) is 23.9 Å². The fourth-order valence-corrected chi connectivity index (χ4v) is 5.51. The quantitative estimate of drug-likeness (QED) is 0.541. The van der Waals surface area contributed by atoms with Crippen molar-refractivity contribution in [3.05, 3.63) is 45.8 Å². The van der Waals surface area contributed by atoms with Crippen molar-refractivity contribution in [1.82, 2.24) is 30.0 Å². The van der Waals surface area contributed by atoms with E-state index in [1.165, 1.54) is 0 Å². The molecule has 2 saturated heterocycles. The molecule has 2 N–H and O–H groups in total. The Kier molecular flexibility index (Phi) is 6.64. The predicted octanol–water partition coefficient (Wildman–Crippen LogP) is 4.30. The zero-order valence-electron chi connectivity index (χ0n) is 19.4. The number of amides is 1. The van der Waals surface area contributed by atoms with E-state index >= 15 is 0 Å². The summed E-state index contributed by atoms with van der Waals surface area (Å²) >= 11 is 12.5. The van der Waals surface area contributed by atoms with E-state index in [2.05, 4.69) is 15.7 Å². The summed E-state index contributed by atoms with van der Waals surface area (Å²) in [6, 6.07) is 5.38. The number of likely N-dealkylation sites (tertiary alicyclic amines) is 1. The summed E-state index contributed by atoms with van der Waals surface area (Å²) in [6.45, 7) is 4.43. The maximum Gasteiger partial charge on any atom is 0.239 e. The number of aromatic nitrogens is 4. The van der Waals surface area contributed by atoms with Crippen LogP contribution in [-0.2, 0) is 11.8 Å². The summed E-state index contributed by atoms with van der Waals surface area (Å²) in [5.74, 6) is 1.91. The topological polar surface area (TPSA) is 88.0 Å². The summed E-state index contributed by atoms with van der Waals surface area (Å²) in [7, 11) is 1.88. The van der Waals surface area contributed by atoms with Gasteiger partial charge in [0, 0.05) is 36.1 Å². The standard InChI is InChI=1S/C24H29Cl2N7O/c1-14(17-6-5-16(25)12-18(17)26)28-23-21-20(13-32(2)31-21)29-22(30-23)15-7-10-33(11-8-15)24(34)19-4-3-9-27-19/h5-6,12-15,19,27H,3-4,7-11H2,1-2H3,(H,28,29,30)/t14-,19-/m1/s1. The lowest BCUT2D eigenvalue weighted by Crippen LogP contribution is -2.46. The maximum atomic E-state index is 12.8. The molecule has 180 valence electrons. The third-order valence-electron chi connectivity index (χ3n) is 6.81. The van der Waals surface area contributed by atoms with Crippen LogP contribution in [0.5, 0.6) is 0 Å². The number of piperidine rings is 1. The van der Waals surface area contributed by atoms with E-state index in [1.807, 2.05) is 37.2 Å². The molecule has 34 heavy (non-hydrogen) atoms. The van der Waals surface area contributed by atoms with Gasteiger partial charge in [0.1, 0.15) is 11.3 Å². The van der Waals surface area contributed by atoms with Crippen LogP contribution in [0.15, 0.2) is 24.4 Å². The average Bonchev–Trinajstić information content (AvgIpc) is 3.48. The van der Waals surface area contributed by atoms with Crippen molar-refractivity contribution in [2.24, 2.45) is 7.05 Å². The maximum absolute atomic E-state index is 12.8. The van der Waals surface area contributed by atoms with Gasteiger partial charge >= 0.3 is 0 Å². The molecule has 5 rings (SSSR count). The molecule has 2 aliphatic rings. The Morgan fingerprint density at radius 3 is 2.71 bits per heavy atom. The number of fused-ring (bicyclic) bond motifs is 1. The summed E-state index contributed by atoms with van der Waals surface area (Å²) < 4.78 is 1.75. The van der Waals surface area contributed by atoms with Crippen LogP contribution in [0.3, 0.4) is 0 Å². The Morgan fingerprint density at radius 1 is 1.21 bits per heavy atom. The zero-order valence-corrected chi connectivity index (χ0v) is 20.9. The van der Waals surface area contributed by atoms with E-state index in [0.717, 1.165) is 67.7 Å². The van der Waals surface area contributed by atoms with E-state index in [4.69, 9.17) is 33.2 Å². The Bertz CT molecular complexity index is 1200. The number of anilines is 1. The van der Waals surface area contributed by atoms with Gasteiger partial charge < -0.3 is 15.5 Å². The number of rotatable bonds is 5. The van der Waals surface area contributed by atoms with Gasteiger partial charge in [0.2, 0.25) is 5.91 Å². The molecule has 0 radical (unpaired) electrons. The van der Waals surface area contributed by atoms with E-state index in [0.29, 0.717) is 15.9 Å². The largest absolute Gasteiger partial charge is 0.362 e. The first-order chi connectivity index (χ1) is 16.4. The Morgan fingerprint density at radius 2 is 2.00 bits per heavy atom. The second kappa shape index (κ2) is 9.68. The molecular weight excluding hydrogens is 473 g/mol. The molecule has 0 unspecified atom stereocenters. The molecule has 2 aliphatic heterocycles. The number of aryl methyl sites for hydroxylation is 1. The first-order valence-electron chi connectivity index (χ1n) is 11.8. The Hall–Kier alpha value is -2.42. The number of nitrogens with zero attached hydrogens (tertiary/aromatic N) is 5. The van der Waals surface area contributed by atoms with Crippen LogP contribution in [-0.4, -0.2) is 56.2 Å². The third-order valence-corrected chi connectivity index (χ3v) is 7.37. The molecule has 2 fully saturated rings. The van der Waals surface area contributed by atoms with Crippen LogP contribution in [0, 0.1) is 0 Å². The Labute approximate surface area is 209 Å². The van der Waals surface area contributed by atoms with Crippen molar-refractivity contribution in [3.63, 3.8) is 0 Å². The van der Waals surface area contributed by atoms with Crippen LogP contribution in [0.4, 0.5) is 5.82 Å². The number of nitrogens with one attached hydrogen (secondary N) is 2. The number of carbonyl (C=O) groups excluding carboxylic acids is 1. The second-order valence-corrected chi connectivity index (χ2v) is 10.1. The first kappa shape index (κ1) is 23.3. The summed E-state index contributed by atoms with van der Waals surface area (Å²) in [5.41, 5.74) is 2.46. The average molecular weight is 502 g/mol. The molecule has 10 heteroatoms. The normalized spacial score (nSPS) is 20.1. The third kappa shape index (κ3) is 4.72. The molecule has 2 aromatic heterocycles. The molecule has 3 aromatic rings. The van der Waals surface area contributed by atoms with Crippen molar-refractivity contribution < 1.29 is 4.79 Å². The van der Waals surface area contributed by atoms with Gasteiger partial charge in [-0.1, -0.05) is 29.3 Å². The van der Waals surface area contributed by atoms with Gasteiger partial charge in [-0.05, 0) is 56.8 Å². The lowest BCUT2D eigenvalue weighted by Gasteiger charge is -2.33. The highest BCUT2D eigenvalue weighted by molar-refractivity contribution is 6.35. The second-order valence-electron chi connectivity index (χ2n) is 9.25. The predicted molar refractivity (Wildman–Crippen MR) is 134 cm³/mol. The molecule has 1 aromatic carbocycles. The zero-order chi connectivity index (χ0) is 23.8. The highest BCUT2D eigenvalue weighted by Gasteiger charge is 2.31. The van der Waals surface area contributed by atoms with Crippen molar-refractivity contribution in [1.29, 1.82) is 0 Å². The molecule has 0 saturated carbocycles. The van der Waals surface area contributed by atoms with Gasteiger partial charge in [0.15, 0.2) is 11.3 Å². The number of hydrogen-bond acceptors (Lipinski definition) is 6. The van der Waals surface area contributed by atoms with Crippen LogP contribution >= 0.6 is 23.2 Å². The van der Waals surface area contributed by atoms with E-state index < -0.39 is 0 Å². The Balaban J connectivity index is 1.36. The number of benzene rings is 1. The summed E-state index contributed by atoms with van der Waals surface area (Å²) in [5, 5.41) is 12.6. The van der Waals surface area contributed by atoms with Crippen molar-refractivity contribution in [3.8, 4) is 0 Å². The molecule has 2 atom stereocenters. The first-order valence-corrected chi connectivity index (χ1v) is 12.6. The SMILES string of the molecule is C[C@@H](Nc1nc(C2CCN(C(=O)[C@H]3CCCN3)CC2)nc2cn(C)nc12)c1ccc(Cl)cc1Cl. The molecular formula is C24H29Cl2N7O. The minimum Gasteiger partial charge on any atom is -0.362 e. The van der Waals surface area contributed by atoms with Crippen molar-refractivity contribution >= 4 is 46.0 Å². The van der Waals surface area contributed by atoms with Crippen LogP contribution < -0.4 is 10.6 Å². The molecule has 0 spiro atoms. The lowest BCUT2D eigenvalue weighted by atomic mass is 9.95. The van der Waals surface area contributed by atoms with Gasteiger partial charge in [-0.25, -0.2) is 9.97 Å². The van der Waals surface area contributed by atoms with Crippen LogP contribution in [0.1, 0.15) is 56.0 Å². The lowest BCUT2D eigenvalue weighted by molar-refractivity contribution is -0.134. The van der Waals surface area contributed by atoms with Gasteiger partial charge in [-0.15, -0.1) is 0 Å². The number of carbonyl (C=O) groups is 1. The number of hydrogen-bond donors (Lipinski definition) is 2. The monoisotopic (exact) mass is 501 g/mol. The fourth-order valence-electron chi connectivity index (χ4n) is 4.93. The van der Waals surface area contributed by atoms with Gasteiger partial charge in [0.05, 0.1) is 18.3 Å². The molecule has 0 bridgehead atoms. The minimum absolute atomic E-state index is 0.0171. The molecule has 1 amide bonds. The fraction of sp³-hybridized carbons (Fsp3) is 0.500. The van der Waals surface area contributed by atoms with Crippen LogP contribution in [0.2, 0.25) is 10.0 Å². The highest BCUT2D eigenvalue weighted by Crippen LogP contribution is 2.32. The highest BCUT2D eigenvalue weighted by atomic mass is 35.5. The smallest absolute Gasteiger partial charge is 0.239 e. The van der Waals surface area contributed by atoms with Gasteiger partial charge in [-0.3, -0.25) is 9.48 Å². The van der Waals surface area contributed by atoms with E-state index in [9.17, 15) is 4.79 Å². The minimum atomic E-state index is -0.101. The van der Waals surface area contributed by atoms with E-state index in [1.54, 1.807) is 10.7 Å². The number of halogens is 2. The summed E-state index contributed by atoms with van der Waals surface area (Å²) in [6.07, 6.45) is 5.62. The molecule has 4 heterocycles. The van der Waals surface area contributed by atoms with Crippen molar-refractivity contribution in [2.45, 2.75) is 50.6 Å². The summed E-state index contributed by atoms with van der Waals surface area (Å²) in [4.78, 5) is 24.5. The van der Waals surface area contributed by atoms with Gasteiger partial charge in [0.25, 0.3) is 0 Å². The molecule has 8 nitrogen and oxygen atoms in total. The van der Waals surface area contributed by atoms with Gasteiger partial charge in [-0.2, -0.15) is 5.10 Å². The molecule has 0 aliphatic carbocycles. The van der Waals surface area contributed by atoms with Crippen molar-refractivity contribution in [2.75, 3.05) is 25.0 Å².